The summed E-state index contributed by atoms with van der Waals surface area (Å²) in [5.74, 6) is 0.968. The van der Waals surface area contributed by atoms with Gasteiger partial charge in [-0.15, -0.1) is 0 Å². The SMILES string of the molecule is Fc1ccc(OCc2cn3cccnc3n2)cc1. The monoisotopic (exact) mass is 243 g/mol. The van der Waals surface area contributed by atoms with E-state index in [0.29, 0.717) is 18.1 Å². The number of imidazole rings is 1. The summed E-state index contributed by atoms with van der Waals surface area (Å²) in [5.41, 5.74) is 0.776. The molecule has 0 aliphatic heterocycles. The molecule has 0 saturated heterocycles. The van der Waals surface area contributed by atoms with E-state index < -0.39 is 0 Å². The highest BCUT2D eigenvalue weighted by molar-refractivity contribution is 5.29. The van der Waals surface area contributed by atoms with E-state index in [9.17, 15) is 4.39 Å². The summed E-state index contributed by atoms with van der Waals surface area (Å²) in [6, 6.07) is 7.73. The summed E-state index contributed by atoms with van der Waals surface area (Å²) in [4.78, 5) is 8.41. The average molecular weight is 243 g/mol. The molecule has 90 valence electrons. The molecule has 3 aromatic rings. The summed E-state index contributed by atoms with van der Waals surface area (Å²) in [6.07, 6.45) is 5.41. The third-order valence-electron chi connectivity index (χ3n) is 2.49. The molecule has 0 unspecified atom stereocenters. The standard InChI is InChI=1S/C13H10FN3O/c14-10-2-4-12(5-3-10)18-9-11-8-17-7-1-6-15-13(17)16-11/h1-8H,9H2. The molecule has 18 heavy (non-hydrogen) atoms. The maximum atomic E-state index is 12.7. The van der Waals surface area contributed by atoms with Gasteiger partial charge in [-0.05, 0) is 30.3 Å². The smallest absolute Gasteiger partial charge is 0.234 e. The first-order valence-electron chi connectivity index (χ1n) is 5.48. The number of ether oxygens (including phenoxy) is 1. The lowest BCUT2D eigenvalue weighted by Crippen LogP contribution is -1.95. The van der Waals surface area contributed by atoms with Crippen LogP contribution in [0, 0.1) is 5.82 Å². The van der Waals surface area contributed by atoms with Gasteiger partial charge in [-0.2, -0.15) is 0 Å². The first kappa shape index (κ1) is 10.7. The van der Waals surface area contributed by atoms with Crippen molar-refractivity contribution < 1.29 is 9.13 Å². The Labute approximate surface area is 103 Å². The molecule has 0 spiro atoms. The molecule has 3 rings (SSSR count). The van der Waals surface area contributed by atoms with Gasteiger partial charge in [0, 0.05) is 18.6 Å². The van der Waals surface area contributed by atoms with Gasteiger partial charge in [0.25, 0.3) is 0 Å². The number of nitrogens with zero attached hydrogens (tertiary/aromatic N) is 3. The third kappa shape index (κ3) is 2.15. The molecule has 0 fully saturated rings. The average Bonchev–Trinajstić information content (AvgIpc) is 2.81. The minimum absolute atomic E-state index is 0.278. The molecular formula is C13H10FN3O. The van der Waals surface area contributed by atoms with E-state index in [0.717, 1.165) is 5.69 Å². The van der Waals surface area contributed by atoms with Crippen LogP contribution in [0.25, 0.3) is 5.78 Å². The van der Waals surface area contributed by atoms with Crippen molar-refractivity contribution in [2.75, 3.05) is 0 Å². The number of hydrogen-bond acceptors (Lipinski definition) is 3. The van der Waals surface area contributed by atoms with Gasteiger partial charge >= 0.3 is 0 Å². The topological polar surface area (TPSA) is 39.4 Å². The lowest BCUT2D eigenvalue weighted by molar-refractivity contribution is 0.301. The van der Waals surface area contributed by atoms with Gasteiger partial charge in [0.15, 0.2) is 0 Å². The number of fused-ring (bicyclic) bond motifs is 1. The van der Waals surface area contributed by atoms with Gasteiger partial charge in [-0.3, -0.25) is 4.40 Å². The van der Waals surface area contributed by atoms with Crippen LogP contribution in [0.15, 0.2) is 48.9 Å². The Morgan fingerprint density at radius 2 is 2.06 bits per heavy atom. The molecule has 0 radical (unpaired) electrons. The molecule has 0 aliphatic rings. The van der Waals surface area contributed by atoms with Gasteiger partial charge in [-0.25, -0.2) is 14.4 Å². The first-order valence-corrected chi connectivity index (χ1v) is 5.48. The van der Waals surface area contributed by atoms with E-state index in [1.54, 1.807) is 18.3 Å². The van der Waals surface area contributed by atoms with Crippen LogP contribution in [-0.2, 0) is 6.61 Å². The molecule has 0 aliphatic carbocycles. The fraction of sp³-hybridized carbons (Fsp3) is 0.0769. The largest absolute Gasteiger partial charge is 0.487 e. The minimum atomic E-state index is -0.278. The van der Waals surface area contributed by atoms with E-state index in [1.165, 1.54) is 12.1 Å². The lowest BCUT2D eigenvalue weighted by Gasteiger charge is -2.02. The minimum Gasteiger partial charge on any atom is -0.487 e. The van der Waals surface area contributed by atoms with E-state index in [1.807, 2.05) is 22.9 Å². The van der Waals surface area contributed by atoms with Gasteiger partial charge in [0.2, 0.25) is 5.78 Å². The Morgan fingerprint density at radius 1 is 1.22 bits per heavy atom. The highest BCUT2D eigenvalue weighted by Gasteiger charge is 2.02. The molecule has 2 heterocycles. The van der Waals surface area contributed by atoms with E-state index in [-0.39, 0.29) is 5.82 Å². The van der Waals surface area contributed by atoms with E-state index in [4.69, 9.17) is 4.74 Å². The number of halogens is 1. The number of aromatic nitrogens is 3. The Kier molecular flexibility index (Phi) is 2.64. The predicted molar refractivity (Wildman–Crippen MR) is 63.7 cm³/mol. The lowest BCUT2D eigenvalue weighted by atomic mass is 10.3. The van der Waals surface area contributed by atoms with Crippen molar-refractivity contribution in [3.05, 3.63) is 60.4 Å². The van der Waals surface area contributed by atoms with Crippen molar-refractivity contribution in [3.63, 3.8) is 0 Å². The number of hydrogen-bond donors (Lipinski definition) is 0. The molecule has 1 aromatic carbocycles. The summed E-state index contributed by atoms with van der Waals surface area (Å²) in [6.45, 7) is 0.328. The second-order valence-electron chi connectivity index (χ2n) is 3.80. The van der Waals surface area contributed by atoms with Crippen molar-refractivity contribution in [1.82, 2.24) is 14.4 Å². The molecule has 4 nitrogen and oxygen atoms in total. The zero-order valence-electron chi connectivity index (χ0n) is 9.45. The third-order valence-corrected chi connectivity index (χ3v) is 2.49. The van der Waals surface area contributed by atoms with Crippen molar-refractivity contribution >= 4 is 5.78 Å². The van der Waals surface area contributed by atoms with Gasteiger partial charge < -0.3 is 4.74 Å². The van der Waals surface area contributed by atoms with Crippen molar-refractivity contribution in [2.24, 2.45) is 0 Å². The molecule has 2 aromatic heterocycles. The summed E-state index contributed by atoms with van der Waals surface area (Å²) >= 11 is 0. The molecule has 0 N–H and O–H groups in total. The fourth-order valence-electron chi connectivity index (χ4n) is 1.64. The Morgan fingerprint density at radius 3 is 2.83 bits per heavy atom. The van der Waals surface area contributed by atoms with Crippen LogP contribution >= 0.6 is 0 Å². The fourth-order valence-corrected chi connectivity index (χ4v) is 1.64. The Balaban J connectivity index is 1.74. The predicted octanol–water partition coefficient (Wildman–Crippen LogP) is 2.45. The normalized spacial score (nSPS) is 10.7. The zero-order valence-corrected chi connectivity index (χ0v) is 9.45. The first-order chi connectivity index (χ1) is 8.81. The quantitative estimate of drug-likeness (QED) is 0.709. The second kappa shape index (κ2) is 4.44. The maximum absolute atomic E-state index is 12.7. The molecule has 0 amide bonds. The van der Waals surface area contributed by atoms with Crippen LogP contribution in [-0.4, -0.2) is 14.4 Å². The van der Waals surface area contributed by atoms with E-state index in [2.05, 4.69) is 9.97 Å². The van der Waals surface area contributed by atoms with Crippen molar-refractivity contribution in [3.8, 4) is 5.75 Å². The summed E-state index contributed by atoms with van der Waals surface area (Å²) in [5, 5.41) is 0. The van der Waals surface area contributed by atoms with Crippen LogP contribution in [0.5, 0.6) is 5.75 Å². The summed E-state index contributed by atoms with van der Waals surface area (Å²) in [7, 11) is 0. The van der Waals surface area contributed by atoms with Crippen LogP contribution in [0.3, 0.4) is 0 Å². The van der Waals surface area contributed by atoms with E-state index >= 15 is 0 Å². The van der Waals surface area contributed by atoms with Crippen molar-refractivity contribution in [1.29, 1.82) is 0 Å². The number of benzene rings is 1. The molecule has 0 atom stereocenters. The second-order valence-corrected chi connectivity index (χ2v) is 3.80. The van der Waals surface area contributed by atoms with Crippen LogP contribution in [0.1, 0.15) is 5.69 Å². The number of rotatable bonds is 3. The van der Waals surface area contributed by atoms with Gasteiger partial charge in [0.05, 0.1) is 5.69 Å². The Bertz CT molecular complexity index is 630. The van der Waals surface area contributed by atoms with Crippen LogP contribution in [0.2, 0.25) is 0 Å². The zero-order chi connectivity index (χ0) is 12.4. The molecule has 0 saturated carbocycles. The van der Waals surface area contributed by atoms with Gasteiger partial charge in [0.1, 0.15) is 18.2 Å². The van der Waals surface area contributed by atoms with Crippen LogP contribution in [0.4, 0.5) is 4.39 Å². The molecular weight excluding hydrogens is 233 g/mol. The maximum Gasteiger partial charge on any atom is 0.234 e. The van der Waals surface area contributed by atoms with Crippen LogP contribution < -0.4 is 4.74 Å². The molecule has 5 heteroatoms. The molecule has 0 bridgehead atoms. The van der Waals surface area contributed by atoms with Crippen molar-refractivity contribution in [2.45, 2.75) is 6.61 Å². The summed E-state index contributed by atoms with van der Waals surface area (Å²) < 4.78 is 20.0. The highest BCUT2D eigenvalue weighted by Crippen LogP contribution is 2.13. The Hall–Kier alpha value is -2.43. The highest BCUT2D eigenvalue weighted by atomic mass is 19.1. The van der Waals surface area contributed by atoms with Gasteiger partial charge in [-0.1, -0.05) is 0 Å².